The summed E-state index contributed by atoms with van der Waals surface area (Å²) in [5.74, 6) is 1.83. The van der Waals surface area contributed by atoms with Crippen LogP contribution in [0.3, 0.4) is 0 Å². The number of carboxylic acid groups (broad SMARTS) is 1. The minimum absolute atomic E-state index is 0.00107. The Morgan fingerprint density at radius 1 is 0.707 bits per heavy atom. The number of aromatic nitrogens is 4. The van der Waals surface area contributed by atoms with E-state index in [-0.39, 0.29) is 36.4 Å². The zero-order valence-corrected chi connectivity index (χ0v) is 52.7. The van der Waals surface area contributed by atoms with E-state index in [0.29, 0.717) is 40.2 Å². The van der Waals surface area contributed by atoms with Crippen LogP contribution in [0, 0.1) is 18.4 Å². The minimum Gasteiger partial charge on any atom is -0.497 e. The summed E-state index contributed by atoms with van der Waals surface area (Å²) >= 11 is 0. The van der Waals surface area contributed by atoms with Gasteiger partial charge in [-0.05, 0) is 76.1 Å². The van der Waals surface area contributed by atoms with Crippen molar-refractivity contribution in [2.75, 3.05) is 39.4 Å². The van der Waals surface area contributed by atoms with Crippen LogP contribution in [-0.2, 0) is 55.0 Å². The summed E-state index contributed by atoms with van der Waals surface area (Å²) < 4.78 is 77.8. The van der Waals surface area contributed by atoms with Crippen LogP contribution in [0.2, 0.25) is 0 Å². The number of esters is 1. The van der Waals surface area contributed by atoms with Crippen LogP contribution in [0.15, 0.2) is 207 Å². The predicted molar refractivity (Wildman–Crippen MR) is 349 cm³/mol. The third-order valence-electron chi connectivity index (χ3n) is 16.6. The molecule has 19 heteroatoms. The summed E-state index contributed by atoms with van der Waals surface area (Å²) in [6.07, 6.45) is 12.6. The van der Waals surface area contributed by atoms with E-state index >= 15 is 8.96 Å². The van der Waals surface area contributed by atoms with Crippen molar-refractivity contribution in [3.05, 3.63) is 252 Å². The number of nitrogens with one attached hydrogen (secondary N) is 2. The number of hydrogen-bond acceptors (Lipinski definition) is 14. The van der Waals surface area contributed by atoms with Gasteiger partial charge in [0.15, 0.2) is 29.2 Å². The predicted octanol–water partition coefficient (Wildman–Crippen LogP) is 14.2. The van der Waals surface area contributed by atoms with Crippen LogP contribution in [0.25, 0.3) is 11.2 Å². The molecule has 0 saturated carbocycles. The van der Waals surface area contributed by atoms with E-state index < -0.39 is 74.1 Å². The van der Waals surface area contributed by atoms with Crippen molar-refractivity contribution in [1.82, 2.24) is 24.6 Å². The van der Waals surface area contributed by atoms with Gasteiger partial charge >= 0.3 is 25.8 Å². The van der Waals surface area contributed by atoms with Gasteiger partial charge in [0, 0.05) is 6.42 Å². The fourth-order valence-corrected chi connectivity index (χ4v) is 13.3. The van der Waals surface area contributed by atoms with Crippen molar-refractivity contribution in [2.45, 2.75) is 106 Å². The van der Waals surface area contributed by atoms with Gasteiger partial charge in [-0.25, -0.2) is 19.4 Å². The molecule has 0 bridgehead atoms. The number of benzene rings is 7. The molecule has 476 valence electrons. The van der Waals surface area contributed by atoms with Gasteiger partial charge in [-0.15, -0.1) is 6.42 Å². The van der Waals surface area contributed by atoms with E-state index in [4.69, 9.17) is 44.1 Å². The molecule has 2 aromatic heterocycles. The molecule has 1 saturated heterocycles. The number of carbonyl (C=O) groups excluding carboxylic acids is 1. The quantitative estimate of drug-likeness (QED) is 0.00874. The van der Waals surface area contributed by atoms with Crippen molar-refractivity contribution < 1.29 is 56.4 Å². The number of hydrogen-bond donors (Lipinski definition) is 3. The minimum atomic E-state index is -4.97. The van der Waals surface area contributed by atoms with E-state index in [2.05, 4.69) is 33.2 Å². The summed E-state index contributed by atoms with van der Waals surface area (Å²) in [5, 5.41) is 17.0. The topological polar surface area (TPSA) is 204 Å². The first-order chi connectivity index (χ1) is 44.9. The number of anilines is 1. The number of terminal acetylenes is 1. The van der Waals surface area contributed by atoms with E-state index in [1.807, 2.05) is 170 Å². The lowest BCUT2D eigenvalue weighted by Gasteiger charge is -2.41. The Hall–Kier alpha value is -9.05. The van der Waals surface area contributed by atoms with Gasteiger partial charge in [0.2, 0.25) is 0 Å². The van der Waals surface area contributed by atoms with Crippen molar-refractivity contribution in [1.29, 1.82) is 0 Å². The smallest absolute Gasteiger partial charge is 0.406 e. The van der Waals surface area contributed by atoms with Gasteiger partial charge < -0.3 is 34.1 Å². The molecule has 1 aliphatic heterocycles. The first kappa shape index (κ1) is 65.9. The highest BCUT2D eigenvalue weighted by Gasteiger charge is 2.56. The summed E-state index contributed by atoms with van der Waals surface area (Å²) in [7, 11) is -1.80. The van der Waals surface area contributed by atoms with Gasteiger partial charge in [0.25, 0.3) is 0 Å². The lowest BCUT2D eigenvalue weighted by Crippen LogP contribution is -2.49. The maximum absolute atomic E-state index is 16.7. The second kappa shape index (κ2) is 30.8. The monoisotopic (exact) mass is 1260 g/mol. The third-order valence-corrected chi connectivity index (χ3v) is 18.2. The van der Waals surface area contributed by atoms with Crippen LogP contribution in [0.5, 0.6) is 11.5 Å². The second-order valence-electron chi connectivity index (χ2n) is 22.5. The standard InChI is InChI=1S/C73H76FN6O11P/c1-5-7-8-9-10-11-12-28-47-87-65(81)50-88-92(84,79-62(69(82)83)48-53-29-18-13-19-30-53)89-51-71(6-2)63(90-73(57-35-24-16-25-36-57,58-37-26-17-27-38-58)59-41-45-61(86-4)46-42-59)49-64(91-71)80-52-75-66-67(76-70(74)77-68(66)80)78-72(54-31-20-14-21-32-54,55-33-22-15-23-34-55)56-39-43-60(85-3)44-40-56/h2,13-27,29-46,52,62-64H,5,7-12,28,47-51H2,1,3-4H3,(H,79,84)(H,82,83)(H,76,77,78)/t62-,63-,64+,71+,92?/m0/s1. The van der Waals surface area contributed by atoms with Crippen LogP contribution < -0.4 is 19.9 Å². The largest absolute Gasteiger partial charge is 0.497 e. The van der Waals surface area contributed by atoms with Crippen molar-refractivity contribution in [3.63, 3.8) is 0 Å². The highest BCUT2D eigenvalue weighted by Crippen LogP contribution is 2.52. The molecule has 0 radical (unpaired) electrons. The Bertz CT molecular complexity index is 3840. The fraction of sp³-hybridized carbons (Fsp3) is 0.301. The summed E-state index contributed by atoms with van der Waals surface area (Å²) in [6, 6.07) is 60.5. The Labute approximate surface area is 536 Å². The normalized spacial score (nSPS) is 16.7. The molecule has 0 amide bonds. The Balaban J connectivity index is 1.07. The number of fused-ring (bicyclic) bond motifs is 1. The highest BCUT2D eigenvalue weighted by atomic mass is 31.2. The SMILES string of the molecule is C#C[C@]1(COP(=O)(N[C@@H](Cc2ccccc2)C(=O)O)OCC(=O)OCCCCCCCCCC)O[C@@H](n2cnc3c(NC(c4ccccc4)(c4ccccc4)c4ccc(OC)cc4)nc(F)nc32)C[C@@H]1OC(c1ccccc1)(c1ccccc1)c1ccc(OC)cc1. The number of unbranched alkanes of at least 4 members (excludes halogenated alkanes) is 7. The van der Waals surface area contributed by atoms with Crippen molar-refractivity contribution >= 4 is 36.7 Å². The molecule has 17 nitrogen and oxygen atoms in total. The molecular weight excluding hydrogens is 1190 g/mol. The van der Waals surface area contributed by atoms with Gasteiger partial charge in [0.05, 0.1) is 27.2 Å². The first-order valence-corrected chi connectivity index (χ1v) is 32.5. The number of imidazole rings is 1. The summed E-state index contributed by atoms with van der Waals surface area (Å²) in [4.78, 5) is 40.3. The number of carbonyl (C=O) groups is 2. The van der Waals surface area contributed by atoms with E-state index in [1.54, 1.807) is 44.6 Å². The molecule has 0 spiro atoms. The lowest BCUT2D eigenvalue weighted by atomic mass is 9.77. The number of ether oxygens (including phenoxy) is 5. The molecule has 1 fully saturated rings. The second-order valence-corrected chi connectivity index (χ2v) is 24.3. The Morgan fingerprint density at radius 3 is 1.74 bits per heavy atom. The van der Waals surface area contributed by atoms with Crippen LogP contribution in [0.4, 0.5) is 10.2 Å². The number of aliphatic carboxylic acids is 1. The number of halogens is 1. The van der Waals surface area contributed by atoms with Crippen molar-refractivity contribution in [2.24, 2.45) is 0 Å². The molecule has 92 heavy (non-hydrogen) atoms. The molecule has 1 aliphatic rings. The molecule has 3 heterocycles. The molecule has 1 unspecified atom stereocenters. The first-order valence-electron chi connectivity index (χ1n) is 31.0. The fourth-order valence-electron chi connectivity index (χ4n) is 11.9. The maximum Gasteiger partial charge on any atom is 0.406 e. The zero-order valence-electron chi connectivity index (χ0n) is 51.8. The lowest BCUT2D eigenvalue weighted by molar-refractivity contribution is -0.147. The number of carboxylic acids is 1. The zero-order chi connectivity index (χ0) is 64.4. The molecule has 9 aromatic rings. The average Bonchev–Trinajstić information content (AvgIpc) is 1.31. The number of nitrogens with zero attached hydrogens (tertiary/aromatic N) is 4. The van der Waals surface area contributed by atoms with Crippen LogP contribution >= 0.6 is 7.75 Å². The molecule has 7 aromatic carbocycles. The highest BCUT2D eigenvalue weighted by molar-refractivity contribution is 7.51. The van der Waals surface area contributed by atoms with E-state index in [1.165, 1.54) is 23.7 Å². The maximum atomic E-state index is 16.7. The van der Waals surface area contributed by atoms with Gasteiger partial charge in [-0.3, -0.25) is 18.4 Å². The molecule has 3 N–H and O–H groups in total. The third kappa shape index (κ3) is 15.1. The van der Waals surface area contributed by atoms with Crippen LogP contribution in [0.1, 0.15) is 110 Å². The number of rotatable bonds is 33. The van der Waals surface area contributed by atoms with E-state index in [0.717, 1.165) is 48.8 Å². The molecule has 0 aliphatic carbocycles. The average molecular weight is 1260 g/mol. The van der Waals surface area contributed by atoms with Crippen molar-refractivity contribution in [3.8, 4) is 23.8 Å². The van der Waals surface area contributed by atoms with Crippen LogP contribution in [-0.4, -0.2) is 88.4 Å². The summed E-state index contributed by atoms with van der Waals surface area (Å²) in [5.41, 5.74) is 0.266. The van der Waals surface area contributed by atoms with Gasteiger partial charge in [-0.2, -0.15) is 14.4 Å². The van der Waals surface area contributed by atoms with Gasteiger partial charge in [-0.1, -0.05) is 234 Å². The molecular formula is C73H76FN6O11P. The summed E-state index contributed by atoms with van der Waals surface area (Å²) in [6.45, 7) is 0.579. The Morgan fingerprint density at radius 2 is 1.21 bits per heavy atom. The Kier molecular flexibility index (Phi) is 22.1. The van der Waals surface area contributed by atoms with Gasteiger partial charge in [0.1, 0.15) is 47.6 Å². The molecule has 5 atom stereocenters. The molecule has 10 rings (SSSR count). The van der Waals surface area contributed by atoms with E-state index in [9.17, 15) is 14.7 Å². The number of methoxy groups -OCH3 is 2.